The monoisotopic (exact) mass is 1090 g/mol. The minimum Gasteiger partial charge on any atom is -0.453 e. The van der Waals surface area contributed by atoms with Gasteiger partial charge < -0.3 is 29.1 Å². The third-order valence-corrected chi connectivity index (χ3v) is 18.4. The Morgan fingerprint density at radius 3 is 0.988 bits per heavy atom. The van der Waals surface area contributed by atoms with Crippen LogP contribution < -0.4 is 29.1 Å². The normalized spacial score (nSPS) is 12.5. The first kappa shape index (κ1) is 46.5. The predicted octanol–water partition coefficient (Wildman–Crippen LogP) is 22.8. The van der Waals surface area contributed by atoms with Crippen LogP contribution in [0.3, 0.4) is 0 Å². The molecule has 6 nitrogen and oxygen atoms in total. The van der Waals surface area contributed by atoms with Crippen molar-refractivity contribution in [1.29, 1.82) is 0 Å². The molecule has 0 unspecified atom stereocenters. The van der Waals surface area contributed by atoms with E-state index in [0.29, 0.717) is 0 Å². The van der Waals surface area contributed by atoms with Crippen LogP contribution in [-0.4, -0.2) is 0 Å². The van der Waals surface area contributed by atoms with Gasteiger partial charge in [-0.25, -0.2) is 0 Å². The predicted molar refractivity (Wildman–Crippen MR) is 346 cm³/mol. The Kier molecular flexibility index (Phi) is 10.6. The van der Waals surface area contributed by atoms with Crippen molar-refractivity contribution in [3.8, 4) is 23.0 Å². The van der Waals surface area contributed by atoms with Gasteiger partial charge in [-0.2, -0.15) is 0 Å². The molecule has 0 saturated carbocycles. The second-order valence-electron chi connectivity index (χ2n) is 20.8. The fraction of sp³-hybridized carbons (Fsp3) is 0. The summed E-state index contributed by atoms with van der Waals surface area (Å²) < 4.78 is 19.0. The zero-order valence-electron chi connectivity index (χ0n) is 44.0. The van der Waals surface area contributed by atoms with Gasteiger partial charge in [-0.15, -0.1) is 22.7 Å². The fourth-order valence-electron chi connectivity index (χ4n) is 12.6. The first-order valence-corrected chi connectivity index (χ1v) is 29.2. The van der Waals surface area contributed by atoms with Crippen molar-refractivity contribution in [2.45, 2.75) is 0 Å². The maximum absolute atomic E-state index is 7.09. The van der Waals surface area contributed by atoms with Gasteiger partial charge in [-0.1, -0.05) is 146 Å². The molecule has 0 fully saturated rings. The summed E-state index contributed by atoms with van der Waals surface area (Å²) in [6, 6.07) is 101. The maximum Gasteiger partial charge on any atom is 0.152 e. The molecule has 386 valence electrons. The Labute approximate surface area is 481 Å². The molecule has 0 amide bonds. The van der Waals surface area contributed by atoms with E-state index in [-0.39, 0.29) is 0 Å². The van der Waals surface area contributed by atoms with Crippen molar-refractivity contribution in [2.75, 3.05) is 19.6 Å². The van der Waals surface area contributed by atoms with E-state index in [4.69, 9.17) is 9.47 Å². The SMILES string of the molecule is c1ccc(N(c2ccccc2)c2ccc3c(N4c5ccccc5Oc5cc6c(cc54)sc4ccccc46)c4cc(N(c5ccccc5)c5ccccc5)ccc4c(N4c5ccccc5Oc5cc6c(cc54)sc4ccccc46)c3c2)cc1. The Morgan fingerprint density at radius 1 is 0.232 bits per heavy atom. The second kappa shape index (κ2) is 18.6. The molecule has 82 heavy (non-hydrogen) atoms. The summed E-state index contributed by atoms with van der Waals surface area (Å²) in [6.45, 7) is 0. The standard InChI is InChI=1S/C74H46N4O2S2/c1-5-21-47(22-6-1)75(48-23-7-2-8-24-48)51-37-39-55-59(41-51)73(77-61-31-15-17-33-65(61)79-67-43-57-53-29-13-19-35-69(53)81-71(57)45-63(67)77)56-40-38-52(76(49-25-9-3-10-26-49)50-27-11-4-12-28-50)42-60(56)74(55)78-62-32-16-18-34-66(62)80-68-44-58-54-30-14-20-36-70(54)82-72(58)46-64(68)78/h1-46H. The highest BCUT2D eigenvalue weighted by molar-refractivity contribution is 7.26. The molecular weight excluding hydrogens is 1040 g/mol. The molecule has 13 aromatic carbocycles. The van der Waals surface area contributed by atoms with Gasteiger partial charge in [0.05, 0.1) is 34.1 Å². The van der Waals surface area contributed by atoms with E-state index in [2.05, 4.69) is 299 Å². The van der Waals surface area contributed by atoms with E-state index in [9.17, 15) is 0 Å². The van der Waals surface area contributed by atoms with Gasteiger partial charge in [-0.3, -0.25) is 0 Å². The topological polar surface area (TPSA) is 31.4 Å². The summed E-state index contributed by atoms with van der Waals surface area (Å²) in [4.78, 5) is 9.71. The van der Waals surface area contributed by atoms with Crippen LogP contribution in [0.25, 0.3) is 61.9 Å². The number of hydrogen-bond donors (Lipinski definition) is 0. The highest BCUT2D eigenvalue weighted by Gasteiger charge is 2.35. The minimum absolute atomic E-state index is 0.782. The number of thiophene rings is 2. The number of para-hydroxylation sites is 8. The molecular formula is C74H46N4O2S2. The molecule has 0 bridgehead atoms. The Hall–Kier alpha value is -10.4. The highest BCUT2D eigenvalue weighted by Crippen LogP contribution is 2.61. The van der Waals surface area contributed by atoms with Gasteiger partial charge in [-0.05, 0) is 133 Å². The van der Waals surface area contributed by atoms with E-state index in [1.807, 2.05) is 22.7 Å². The summed E-state index contributed by atoms with van der Waals surface area (Å²) in [5.74, 6) is 3.16. The van der Waals surface area contributed by atoms with E-state index < -0.39 is 0 Å². The number of anilines is 12. The summed E-state index contributed by atoms with van der Waals surface area (Å²) in [7, 11) is 0. The fourth-order valence-corrected chi connectivity index (χ4v) is 14.8. The maximum atomic E-state index is 7.09. The van der Waals surface area contributed by atoms with Gasteiger partial charge in [0.15, 0.2) is 23.0 Å². The van der Waals surface area contributed by atoms with Crippen molar-refractivity contribution in [3.63, 3.8) is 0 Å². The summed E-state index contributed by atoms with van der Waals surface area (Å²) in [5, 5.41) is 9.03. The van der Waals surface area contributed by atoms with Crippen LogP contribution >= 0.6 is 22.7 Å². The summed E-state index contributed by atoms with van der Waals surface area (Å²) >= 11 is 3.64. The molecule has 2 aliphatic rings. The molecule has 0 N–H and O–H groups in total. The van der Waals surface area contributed by atoms with Gasteiger partial charge in [0.1, 0.15) is 0 Å². The minimum atomic E-state index is 0.782. The van der Waals surface area contributed by atoms with Crippen molar-refractivity contribution in [3.05, 3.63) is 279 Å². The smallest absolute Gasteiger partial charge is 0.152 e. The quantitative estimate of drug-likeness (QED) is 0.141. The lowest BCUT2D eigenvalue weighted by Crippen LogP contribution is -2.19. The molecule has 0 saturated heterocycles. The lowest BCUT2D eigenvalue weighted by atomic mass is 9.93. The van der Waals surface area contributed by atoms with Crippen molar-refractivity contribution >= 4 is 153 Å². The molecule has 0 atom stereocenters. The van der Waals surface area contributed by atoms with Crippen LogP contribution in [0, 0.1) is 0 Å². The number of rotatable bonds is 8. The molecule has 2 aliphatic heterocycles. The van der Waals surface area contributed by atoms with Crippen LogP contribution in [0.15, 0.2) is 279 Å². The zero-order chi connectivity index (χ0) is 53.8. The highest BCUT2D eigenvalue weighted by atomic mass is 32.1. The molecule has 2 aromatic heterocycles. The van der Waals surface area contributed by atoms with Crippen LogP contribution in [-0.2, 0) is 0 Å². The average Bonchev–Trinajstić information content (AvgIpc) is 2.18. The number of fused-ring (bicyclic) bond motifs is 12. The Morgan fingerprint density at radius 2 is 0.585 bits per heavy atom. The first-order chi connectivity index (χ1) is 40.7. The average molecular weight is 1090 g/mol. The van der Waals surface area contributed by atoms with Gasteiger partial charge in [0.2, 0.25) is 0 Å². The number of nitrogens with zero attached hydrogens (tertiary/aromatic N) is 4. The van der Waals surface area contributed by atoms with Crippen LogP contribution in [0.5, 0.6) is 23.0 Å². The van der Waals surface area contributed by atoms with E-state index in [1.54, 1.807) is 0 Å². The Bertz CT molecular complexity index is 4630. The van der Waals surface area contributed by atoms with Gasteiger partial charge in [0, 0.05) is 96.0 Å². The number of ether oxygens (including phenoxy) is 2. The molecule has 0 aliphatic carbocycles. The van der Waals surface area contributed by atoms with E-state index in [1.165, 1.54) is 40.3 Å². The summed E-state index contributed by atoms with van der Waals surface area (Å²) in [6.07, 6.45) is 0. The van der Waals surface area contributed by atoms with Gasteiger partial charge in [0.25, 0.3) is 0 Å². The first-order valence-electron chi connectivity index (χ1n) is 27.6. The number of hydrogen-bond acceptors (Lipinski definition) is 8. The van der Waals surface area contributed by atoms with E-state index in [0.717, 1.165) is 113 Å². The molecule has 8 heteroatoms. The molecule has 17 rings (SSSR count). The Balaban J connectivity index is 1.04. The summed E-state index contributed by atoms with van der Waals surface area (Å²) in [5.41, 5.74) is 12.2. The lowest BCUT2D eigenvalue weighted by Gasteiger charge is -2.38. The lowest BCUT2D eigenvalue weighted by molar-refractivity contribution is 0.477. The third-order valence-electron chi connectivity index (χ3n) is 16.1. The van der Waals surface area contributed by atoms with Crippen LogP contribution in [0.2, 0.25) is 0 Å². The van der Waals surface area contributed by atoms with Gasteiger partial charge >= 0.3 is 0 Å². The third kappa shape index (κ3) is 7.32. The zero-order valence-corrected chi connectivity index (χ0v) is 45.6. The molecule has 15 aromatic rings. The molecule has 4 heterocycles. The largest absolute Gasteiger partial charge is 0.453 e. The van der Waals surface area contributed by atoms with Crippen LogP contribution in [0.4, 0.5) is 68.2 Å². The van der Waals surface area contributed by atoms with Crippen LogP contribution in [0.1, 0.15) is 0 Å². The molecule has 0 radical (unpaired) electrons. The van der Waals surface area contributed by atoms with Crippen molar-refractivity contribution < 1.29 is 9.47 Å². The van der Waals surface area contributed by atoms with Crippen molar-refractivity contribution in [2.24, 2.45) is 0 Å². The molecule has 0 spiro atoms. The van der Waals surface area contributed by atoms with E-state index >= 15 is 0 Å². The second-order valence-corrected chi connectivity index (χ2v) is 23.0. The number of benzene rings is 13. The van der Waals surface area contributed by atoms with Crippen molar-refractivity contribution in [1.82, 2.24) is 0 Å².